The van der Waals surface area contributed by atoms with Gasteiger partial charge in [-0.15, -0.1) is 13.2 Å². The van der Waals surface area contributed by atoms with E-state index in [-0.39, 0.29) is 11.5 Å². The molecule has 17 heavy (non-hydrogen) atoms. The summed E-state index contributed by atoms with van der Waals surface area (Å²) in [6, 6.07) is 5.95. The van der Waals surface area contributed by atoms with E-state index in [1.54, 1.807) is 12.1 Å². The predicted molar refractivity (Wildman–Crippen MR) is 56.5 cm³/mol. The number of hydrogen-bond donors (Lipinski definition) is 0. The number of ether oxygens (including phenoxy) is 1. The highest BCUT2D eigenvalue weighted by molar-refractivity contribution is 5.46. The molecule has 0 spiro atoms. The Morgan fingerprint density at radius 3 is 2.53 bits per heavy atom. The minimum atomic E-state index is -4.78. The lowest BCUT2D eigenvalue weighted by atomic mass is 9.97. The Labute approximate surface area is 97.6 Å². The van der Waals surface area contributed by atoms with Crippen molar-refractivity contribution in [2.24, 2.45) is 0 Å². The summed E-state index contributed by atoms with van der Waals surface area (Å²) in [6.07, 6.45) is -3.98. The van der Waals surface area contributed by atoms with Gasteiger partial charge in [-0.05, 0) is 30.0 Å². The third kappa shape index (κ3) is 3.66. The molecule has 0 amide bonds. The zero-order valence-electron chi connectivity index (χ0n) is 9.51. The van der Waals surface area contributed by atoms with Crippen LogP contribution >= 0.6 is 0 Å². The fraction of sp³-hybridized carbons (Fsp3) is 0.417. The van der Waals surface area contributed by atoms with Crippen LogP contribution in [0.25, 0.3) is 0 Å². The fourth-order valence-corrected chi connectivity index (χ4v) is 1.38. The summed E-state index contributed by atoms with van der Waals surface area (Å²) in [6.45, 7) is 3.84. The molecule has 0 aliphatic carbocycles. The molecule has 1 aromatic carbocycles. The van der Waals surface area contributed by atoms with Crippen LogP contribution in [0.1, 0.15) is 37.3 Å². The molecule has 92 valence electrons. The number of hydrogen-bond acceptors (Lipinski definition) is 2. The van der Waals surface area contributed by atoms with Crippen molar-refractivity contribution >= 4 is 0 Å². The molecule has 0 aliphatic heterocycles. The molecular weight excluding hydrogens is 231 g/mol. The second-order valence-corrected chi connectivity index (χ2v) is 3.72. The molecular formula is C12H12F3NO. The smallest absolute Gasteiger partial charge is 0.404 e. The van der Waals surface area contributed by atoms with E-state index >= 15 is 0 Å². The predicted octanol–water partition coefficient (Wildman–Crippen LogP) is 3.97. The van der Waals surface area contributed by atoms with Crippen molar-refractivity contribution in [3.8, 4) is 11.8 Å². The van der Waals surface area contributed by atoms with Crippen LogP contribution in [0.2, 0.25) is 0 Å². The second kappa shape index (κ2) is 5.09. The number of alkyl halides is 3. The Hall–Kier alpha value is -1.70. The lowest BCUT2D eigenvalue weighted by Crippen LogP contribution is -2.18. The maximum Gasteiger partial charge on any atom is 0.573 e. The van der Waals surface area contributed by atoms with Crippen molar-refractivity contribution in [3.63, 3.8) is 0 Å². The van der Waals surface area contributed by atoms with Crippen LogP contribution < -0.4 is 4.74 Å². The van der Waals surface area contributed by atoms with Crippen LogP contribution in [0.15, 0.2) is 18.2 Å². The number of halogens is 3. The summed E-state index contributed by atoms with van der Waals surface area (Å²) >= 11 is 0. The molecule has 0 radical (unpaired) electrons. The van der Waals surface area contributed by atoms with Crippen molar-refractivity contribution in [1.29, 1.82) is 5.26 Å². The average Bonchev–Trinajstić information content (AvgIpc) is 2.25. The Morgan fingerprint density at radius 2 is 2.06 bits per heavy atom. The number of nitrogens with zero attached hydrogens (tertiary/aromatic N) is 1. The van der Waals surface area contributed by atoms with E-state index < -0.39 is 12.1 Å². The molecule has 0 aromatic heterocycles. The molecule has 0 saturated heterocycles. The molecule has 1 atom stereocenters. The van der Waals surface area contributed by atoms with Crippen molar-refractivity contribution in [3.05, 3.63) is 29.3 Å². The first-order valence-electron chi connectivity index (χ1n) is 5.17. The molecule has 0 aliphatic rings. The van der Waals surface area contributed by atoms with Gasteiger partial charge in [-0.2, -0.15) is 5.26 Å². The molecule has 1 unspecified atom stereocenters. The van der Waals surface area contributed by atoms with E-state index in [0.717, 1.165) is 12.0 Å². The van der Waals surface area contributed by atoms with Crippen LogP contribution in [-0.2, 0) is 0 Å². The molecule has 2 nitrogen and oxygen atoms in total. The van der Waals surface area contributed by atoms with Gasteiger partial charge in [0.15, 0.2) is 0 Å². The van der Waals surface area contributed by atoms with Gasteiger partial charge < -0.3 is 4.74 Å². The van der Waals surface area contributed by atoms with Crippen molar-refractivity contribution in [1.82, 2.24) is 0 Å². The van der Waals surface area contributed by atoms with Crippen LogP contribution in [0.4, 0.5) is 13.2 Å². The van der Waals surface area contributed by atoms with Gasteiger partial charge in [-0.3, -0.25) is 0 Å². The molecule has 1 rings (SSSR count). The molecule has 0 fully saturated rings. The number of nitriles is 1. The van der Waals surface area contributed by atoms with E-state index in [2.05, 4.69) is 4.74 Å². The SMILES string of the molecule is CCC(C)c1ccc(C#N)c(OC(F)(F)F)c1. The minimum Gasteiger partial charge on any atom is -0.404 e. The largest absolute Gasteiger partial charge is 0.573 e. The summed E-state index contributed by atoms with van der Waals surface area (Å²) in [5.41, 5.74) is 0.611. The van der Waals surface area contributed by atoms with Crippen molar-refractivity contribution < 1.29 is 17.9 Å². The quantitative estimate of drug-likeness (QED) is 0.804. The summed E-state index contributed by atoms with van der Waals surface area (Å²) in [5, 5.41) is 8.70. The van der Waals surface area contributed by atoms with Gasteiger partial charge in [-0.25, -0.2) is 0 Å². The molecule has 1 aromatic rings. The van der Waals surface area contributed by atoms with E-state index in [1.807, 2.05) is 13.8 Å². The highest BCUT2D eigenvalue weighted by Gasteiger charge is 2.32. The van der Waals surface area contributed by atoms with Crippen LogP contribution in [0, 0.1) is 11.3 Å². The summed E-state index contributed by atoms with van der Waals surface area (Å²) < 4.78 is 40.3. The first kappa shape index (κ1) is 13.4. The zero-order chi connectivity index (χ0) is 13.1. The maximum absolute atomic E-state index is 12.1. The second-order valence-electron chi connectivity index (χ2n) is 3.72. The lowest BCUT2D eigenvalue weighted by molar-refractivity contribution is -0.274. The molecule has 0 bridgehead atoms. The summed E-state index contributed by atoms with van der Waals surface area (Å²) in [5.74, 6) is -0.309. The first-order chi connectivity index (χ1) is 7.87. The van der Waals surface area contributed by atoms with Crippen LogP contribution in [0.5, 0.6) is 5.75 Å². The number of benzene rings is 1. The van der Waals surface area contributed by atoms with Gasteiger partial charge in [0.25, 0.3) is 0 Å². The van der Waals surface area contributed by atoms with Gasteiger partial charge in [0, 0.05) is 0 Å². The first-order valence-corrected chi connectivity index (χ1v) is 5.17. The normalized spacial score (nSPS) is 12.9. The number of rotatable bonds is 3. The monoisotopic (exact) mass is 243 g/mol. The molecule has 0 saturated carbocycles. The Kier molecular flexibility index (Phi) is 4.00. The third-order valence-corrected chi connectivity index (χ3v) is 2.53. The highest BCUT2D eigenvalue weighted by Crippen LogP contribution is 2.30. The van der Waals surface area contributed by atoms with Crippen LogP contribution in [-0.4, -0.2) is 6.36 Å². The summed E-state index contributed by atoms with van der Waals surface area (Å²) in [7, 11) is 0. The molecule has 0 N–H and O–H groups in total. The van der Waals surface area contributed by atoms with Gasteiger partial charge in [0.1, 0.15) is 11.8 Å². The Balaban J connectivity index is 3.12. The highest BCUT2D eigenvalue weighted by atomic mass is 19.4. The zero-order valence-corrected chi connectivity index (χ0v) is 9.51. The minimum absolute atomic E-state index is 0.116. The topological polar surface area (TPSA) is 33.0 Å². The van der Waals surface area contributed by atoms with Gasteiger partial charge in [0.2, 0.25) is 0 Å². The van der Waals surface area contributed by atoms with E-state index in [4.69, 9.17) is 5.26 Å². The average molecular weight is 243 g/mol. The maximum atomic E-state index is 12.1. The van der Waals surface area contributed by atoms with E-state index in [9.17, 15) is 13.2 Å². The summed E-state index contributed by atoms with van der Waals surface area (Å²) in [4.78, 5) is 0. The van der Waals surface area contributed by atoms with Gasteiger partial charge in [0.05, 0.1) is 5.56 Å². The third-order valence-electron chi connectivity index (χ3n) is 2.53. The van der Waals surface area contributed by atoms with Gasteiger partial charge in [-0.1, -0.05) is 19.9 Å². The van der Waals surface area contributed by atoms with Crippen molar-refractivity contribution in [2.45, 2.75) is 32.5 Å². The molecule has 0 heterocycles. The fourth-order valence-electron chi connectivity index (χ4n) is 1.38. The van der Waals surface area contributed by atoms with E-state index in [0.29, 0.717) is 0 Å². The standard InChI is InChI=1S/C12H12F3NO/c1-3-8(2)9-4-5-10(7-16)11(6-9)17-12(13,14)15/h4-6,8H,3H2,1-2H3. The lowest BCUT2D eigenvalue weighted by Gasteiger charge is -2.14. The van der Waals surface area contributed by atoms with Crippen LogP contribution in [0.3, 0.4) is 0 Å². The Morgan fingerprint density at radius 1 is 1.41 bits per heavy atom. The van der Waals surface area contributed by atoms with E-state index in [1.165, 1.54) is 12.1 Å². The van der Waals surface area contributed by atoms with Crippen molar-refractivity contribution in [2.75, 3.05) is 0 Å². The Bertz CT molecular complexity index is 434. The van der Waals surface area contributed by atoms with Gasteiger partial charge >= 0.3 is 6.36 Å². The molecule has 5 heteroatoms.